The second-order valence-electron chi connectivity index (χ2n) is 4.87. The molecule has 0 radical (unpaired) electrons. The summed E-state index contributed by atoms with van der Waals surface area (Å²) in [7, 11) is 0. The molecule has 2 aromatic rings. The van der Waals surface area contributed by atoms with Crippen molar-refractivity contribution in [2.24, 2.45) is 0 Å². The summed E-state index contributed by atoms with van der Waals surface area (Å²) in [6.07, 6.45) is 5.32. The van der Waals surface area contributed by atoms with Crippen LogP contribution in [0.15, 0.2) is 42.5 Å². The molecule has 0 bridgehead atoms. The van der Waals surface area contributed by atoms with Crippen LogP contribution in [0.3, 0.4) is 0 Å². The molecule has 1 aromatic carbocycles. The lowest BCUT2D eigenvalue weighted by molar-refractivity contribution is 0.600. The molecule has 0 aliphatic heterocycles. The molecule has 0 saturated heterocycles. The summed E-state index contributed by atoms with van der Waals surface area (Å²) in [5.74, 6) is 0. The van der Waals surface area contributed by atoms with Crippen molar-refractivity contribution < 1.29 is 0 Å². The van der Waals surface area contributed by atoms with Crippen LogP contribution in [0.25, 0.3) is 10.4 Å². The van der Waals surface area contributed by atoms with E-state index in [4.69, 9.17) is 0 Å². The van der Waals surface area contributed by atoms with Gasteiger partial charge in [-0.05, 0) is 30.7 Å². The quantitative estimate of drug-likeness (QED) is 0.661. The van der Waals surface area contributed by atoms with Crippen molar-refractivity contribution >= 4 is 11.3 Å². The largest absolute Gasteiger partial charge is 0.312 e. The summed E-state index contributed by atoms with van der Waals surface area (Å²) in [5, 5.41) is 3.54. The third-order valence-corrected chi connectivity index (χ3v) is 4.36. The van der Waals surface area contributed by atoms with Gasteiger partial charge in [-0.15, -0.1) is 11.3 Å². The summed E-state index contributed by atoms with van der Waals surface area (Å²) in [5.41, 5.74) is 1.32. The topological polar surface area (TPSA) is 12.0 Å². The van der Waals surface area contributed by atoms with Gasteiger partial charge in [0.15, 0.2) is 0 Å². The molecular weight excluding hydrogens is 250 g/mol. The Hall–Kier alpha value is -1.12. The van der Waals surface area contributed by atoms with E-state index in [-0.39, 0.29) is 0 Å². The van der Waals surface area contributed by atoms with Crippen molar-refractivity contribution in [3.63, 3.8) is 0 Å². The van der Waals surface area contributed by atoms with Crippen LogP contribution in [0.2, 0.25) is 0 Å². The molecule has 1 aromatic heterocycles. The van der Waals surface area contributed by atoms with E-state index in [1.165, 1.54) is 41.0 Å². The van der Waals surface area contributed by atoms with Crippen LogP contribution >= 0.6 is 11.3 Å². The average molecular weight is 273 g/mol. The molecule has 0 aliphatic carbocycles. The van der Waals surface area contributed by atoms with Gasteiger partial charge in [-0.25, -0.2) is 0 Å². The van der Waals surface area contributed by atoms with Gasteiger partial charge in [0.05, 0.1) is 0 Å². The maximum atomic E-state index is 3.54. The minimum absolute atomic E-state index is 1.00. The lowest BCUT2D eigenvalue weighted by atomic mass is 10.2. The van der Waals surface area contributed by atoms with Crippen molar-refractivity contribution in [2.75, 3.05) is 6.54 Å². The van der Waals surface area contributed by atoms with Crippen molar-refractivity contribution in [3.05, 3.63) is 47.3 Å². The fourth-order valence-electron chi connectivity index (χ4n) is 2.12. The fraction of sp³-hybridized carbons (Fsp3) is 0.412. The van der Waals surface area contributed by atoms with E-state index in [1.54, 1.807) is 0 Å². The Kier molecular flexibility index (Phi) is 6.12. The fourth-order valence-corrected chi connectivity index (χ4v) is 3.10. The molecule has 0 spiro atoms. The third kappa shape index (κ3) is 4.81. The average Bonchev–Trinajstić information content (AvgIpc) is 2.92. The van der Waals surface area contributed by atoms with Gasteiger partial charge in [-0.2, -0.15) is 0 Å². The Labute approximate surface area is 120 Å². The molecule has 0 fully saturated rings. The van der Waals surface area contributed by atoms with E-state index < -0.39 is 0 Å². The van der Waals surface area contributed by atoms with Gasteiger partial charge in [0, 0.05) is 16.3 Å². The summed E-state index contributed by atoms with van der Waals surface area (Å²) >= 11 is 1.89. The molecule has 0 aliphatic rings. The molecule has 0 unspecified atom stereocenters. The molecule has 0 atom stereocenters. The number of hydrogen-bond donors (Lipinski definition) is 1. The summed E-state index contributed by atoms with van der Waals surface area (Å²) in [6, 6.07) is 15.1. The van der Waals surface area contributed by atoms with Crippen LogP contribution in [0, 0.1) is 0 Å². The van der Waals surface area contributed by atoms with Gasteiger partial charge >= 0.3 is 0 Å². The Morgan fingerprint density at radius 3 is 2.58 bits per heavy atom. The van der Waals surface area contributed by atoms with E-state index >= 15 is 0 Å². The van der Waals surface area contributed by atoms with E-state index in [9.17, 15) is 0 Å². The van der Waals surface area contributed by atoms with Crippen LogP contribution in [0.4, 0.5) is 0 Å². The number of rotatable bonds is 8. The molecule has 1 nitrogen and oxygen atoms in total. The molecule has 2 heteroatoms. The molecule has 1 heterocycles. The van der Waals surface area contributed by atoms with Gasteiger partial charge in [0.1, 0.15) is 0 Å². The highest BCUT2D eigenvalue weighted by molar-refractivity contribution is 7.15. The minimum Gasteiger partial charge on any atom is -0.312 e. The summed E-state index contributed by atoms with van der Waals surface area (Å²) in [6.45, 7) is 4.40. The zero-order valence-electron chi connectivity index (χ0n) is 11.7. The van der Waals surface area contributed by atoms with Crippen molar-refractivity contribution in [2.45, 2.75) is 39.2 Å². The van der Waals surface area contributed by atoms with Crippen LogP contribution < -0.4 is 5.32 Å². The van der Waals surface area contributed by atoms with E-state index in [0.29, 0.717) is 0 Å². The highest BCUT2D eigenvalue weighted by Gasteiger charge is 2.01. The van der Waals surface area contributed by atoms with E-state index in [2.05, 4.69) is 54.7 Å². The lowest BCUT2D eigenvalue weighted by Gasteiger charge is -2.02. The second kappa shape index (κ2) is 8.13. The molecule has 102 valence electrons. The van der Waals surface area contributed by atoms with Crippen molar-refractivity contribution in [3.8, 4) is 10.4 Å². The number of nitrogens with one attached hydrogen (secondary N) is 1. The first-order valence-corrected chi connectivity index (χ1v) is 8.06. The second-order valence-corrected chi connectivity index (χ2v) is 6.04. The number of unbranched alkanes of at least 4 members (excludes halogenated alkanes) is 3. The summed E-state index contributed by atoms with van der Waals surface area (Å²) in [4.78, 5) is 2.79. The molecule has 2 rings (SSSR count). The highest BCUT2D eigenvalue weighted by Crippen LogP contribution is 2.27. The Morgan fingerprint density at radius 2 is 1.79 bits per heavy atom. The lowest BCUT2D eigenvalue weighted by Crippen LogP contribution is -2.13. The molecular formula is C17H23NS. The number of hydrogen-bond acceptors (Lipinski definition) is 2. The van der Waals surface area contributed by atoms with Crippen LogP contribution in [-0.4, -0.2) is 6.54 Å². The van der Waals surface area contributed by atoms with Gasteiger partial charge in [-0.1, -0.05) is 56.5 Å². The number of thiophene rings is 1. The standard InChI is InChI=1S/C17H23NS/c1-2-3-4-8-13-18-14-16-11-12-17(19-16)15-9-6-5-7-10-15/h5-7,9-12,18H,2-4,8,13-14H2,1H3. The molecule has 0 saturated carbocycles. The number of benzene rings is 1. The van der Waals surface area contributed by atoms with Gasteiger partial charge in [-0.3, -0.25) is 0 Å². The first-order chi connectivity index (χ1) is 9.40. The van der Waals surface area contributed by atoms with Crippen LogP contribution in [0.1, 0.15) is 37.5 Å². The van der Waals surface area contributed by atoms with Crippen molar-refractivity contribution in [1.29, 1.82) is 0 Å². The first kappa shape index (κ1) is 14.3. The van der Waals surface area contributed by atoms with Gasteiger partial charge in [0.2, 0.25) is 0 Å². The van der Waals surface area contributed by atoms with Gasteiger partial charge < -0.3 is 5.32 Å². The molecule has 19 heavy (non-hydrogen) atoms. The normalized spacial score (nSPS) is 10.8. The monoisotopic (exact) mass is 273 g/mol. The first-order valence-electron chi connectivity index (χ1n) is 7.25. The SMILES string of the molecule is CCCCCCNCc1ccc(-c2ccccc2)s1. The Balaban J connectivity index is 1.75. The maximum Gasteiger partial charge on any atom is 0.0346 e. The smallest absolute Gasteiger partial charge is 0.0346 e. The zero-order valence-corrected chi connectivity index (χ0v) is 12.5. The highest BCUT2D eigenvalue weighted by atomic mass is 32.1. The Bertz CT molecular complexity index is 461. The molecule has 0 amide bonds. The predicted octanol–water partition coefficient (Wildman–Crippen LogP) is 5.09. The van der Waals surface area contributed by atoms with E-state index in [0.717, 1.165) is 13.1 Å². The van der Waals surface area contributed by atoms with Gasteiger partial charge in [0.25, 0.3) is 0 Å². The van der Waals surface area contributed by atoms with Crippen LogP contribution in [0.5, 0.6) is 0 Å². The van der Waals surface area contributed by atoms with E-state index in [1.807, 2.05) is 11.3 Å². The van der Waals surface area contributed by atoms with Crippen molar-refractivity contribution in [1.82, 2.24) is 5.32 Å². The third-order valence-electron chi connectivity index (χ3n) is 3.23. The zero-order chi connectivity index (χ0) is 13.3. The Morgan fingerprint density at radius 1 is 0.947 bits per heavy atom. The minimum atomic E-state index is 1.00. The predicted molar refractivity (Wildman–Crippen MR) is 85.6 cm³/mol. The maximum absolute atomic E-state index is 3.54. The molecule has 1 N–H and O–H groups in total. The summed E-state index contributed by atoms with van der Waals surface area (Å²) < 4.78 is 0. The van der Waals surface area contributed by atoms with Crippen LogP contribution in [-0.2, 0) is 6.54 Å².